The van der Waals surface area contributed by atoms with Crippen LogP contribution in [0.3, 0.4) is 0 Å². The predicted octanol–water partition coefficient (Wildman–Crippen LogP) is 1.04. The molecule has 0 saturated heterocycles. The molecular weight excluding hydrogens is 242 g/mol. The van der Waals surface area contributed by atoms with E-state index in [9.17, 15) is 4.79 Å². The maximum Gasteiger partial charge on any atom is 0.221 e. The third kappa shape index (κ3) is 4.44. The largest absolute Gasteiger partial charge is 0.393 e. The Morgan fingerprint density at radius 3 is 2.88 bits per heavy atom. The van der Waals surface area contributed by atoms with E-state index in [4.69, 9.17) is 17.3 Å². The summed E-state index contributed by atoms with van der Waals surface area (Å²) in [6.45, 7) is 4.26. The molecular formula is C10H16ClN5O. The van der Waals surface area contributed by atoms with Crippen LogP contribution in [-0.4, -0.2) is 28.5 Å². The Morgan fingerprint density at radius 2 is 2.24 bits per heavy atom. The average molecular weight is 258 g/mol. The van der Waals surface area contributed by atoms with E-state index in [-0.39, 0.29) is 17.1 Å². The number of amides is 1. The molecule has 0 spiro atoms. The molecule has 94 valence electrons. The summed E-state index contributed by atoms with van der Waals surface area (Å²) in [4.78, 5) is 19.0. The van der Waals surface area contributed by atoms with Gasteiger partial charge in [0.25, 0.3) is 0 Å². The number of hydrogen-bond donors (Lipinski definition) is 3. The number of nitrogens with one attached hydrogen (secondary N) is 2. The van der Waals surface area contributed by atoms with Crippen molar-refractivity contribution in [2.75, 3.05) is 17.6 Å². The average Bonchev–Trinajstić information content (AvgIpc) is 2.23. The van der Waals surface area contributed by atoms with E-state index in [0.717, 1.165) is 0 Å². The molecule has 1 aromatic heterocycles. The monoisotopic (exact) mass is 257 g/mol. The Bertz CT molecular complexity index is 396. The lowest BCUT2D eigenvalue weighted by molar-refractivity contribution is -0.121. The lowest BCUT2D eigenvalue weighted by atomic mass is 10.3. The van der Waals surface area contributed by atoms with Gasteiger partial charge in [0.1, 0.15) is 12.0 Å². The number of carbonyl (C=O) groups excluding carboxylic acids is 1. The van der Waals surface area contributed by atoms with Crippen molar-refractivity contribution in [2.24, 2.45) is 0 Å². The molecule has 1 heterocycles. The van der Waals surface area contributed by atoms with Crippen molar-refractivity contribution in [3.63, 3.8) is 0 Å². The number of nitrogens with two attached hydrogens (primary N) is 1. The van der Waals surface area contributed by atoms with E-state index in [1.54, 1.807) is 0 Å². The summed E-state index contributed by atoms with van der Waals surface area (Å²) in [7, 11) is 0. The second kappa shape index (κ2) is 6.24. The highest BCUT2D eigenvalue weighted by atomic mass is 35.5. The molecule has 0 aliphatic carbocycles. The number of rotatable bonds is 5. The number of hydrogen-bond acceptors (Lipinski definition) is 5. The number of carbonyl (C=O) groups is 1. The first kappa shape index (κ1) is 13.5. The Labute approximate surface area is 105 Å². The summed E-state index contributed by atoms with van der Waals surface area (Å²) >= 11 is 5.73. The molecule has 1 amide bonds. The Balaban J connectivity index is 2.41. The van der Waals surface area contributed by atoms with E-state index >= 15 is 0 Å². The quantitative estimate of drug-likeness (QED) is 0.686. The van der Waals surface area contributed by atoms with Crippen LogP contribution in [0.25, 0.3) is 0 Å². The molecule has 17 heavy (non-hydrogen) atoms. The van der Waals surface area contributed by atoms with Gasteiger partial charge >= 0.3 is 0 Å². The molecule has 4 N–H and O–H groups in total. The van der Waals surface area contributed by atoms with Crippen LogP contribution in [0.2, 0.25) is 5.15 Å². The maximum absolute atomic E-state index is 11.4. The molecule has 0 unspecified atom stereocenters. The van der Waals surface area contributed by atoms with Gasteiger partial charge in [-0.15, -0.1) is 0 Å². The van der Waals surface area contributed by atoms with Gasteiger partial charge in [-0.3, -0.25) is 4.79 Å². The van der Waals surface area contributed by atoms with Gasteiger partial charge < -0.3 is 16.4 Å². The predicted molar refractivity (Wildman–Crippen MR) is 67.8 cm³/mol. The SMILES string of the molecule is CC(C)NC(=O)CCNc1ncnc(Cl)c1N. The Morgan fingerprint density at radius 1 is 1.53 bits per heavy atom. The fourth-order valence-electron chi connectivity index (χ4n) is 1.20. The highest BCUT2D eigenvalue weighted by Crippen LogP contribution is 2.21. The van der Waals surface area contributed by atoms with Crippen molar-refractivity contribution in [2.45, 2.75) is 26.3 Å². The fourth-order valence-corrected chi connectivity index (χ4v) is 1.34. The van der Waals surface area contributed by atoms with Crippen molar-refractivity contribution in [1.29, 1.82) is 0 Å². The molecule has 0 fully saturated rings. The molecule has 0 bridgehead atoms. The smallest absolute Gasteiger partial charge is 0.221 e. The third-order valence-electron chi connectivity index (χ3n) is 1.93. The zero-order valence-corrected chi connectivity index (χ0v) is 10.6. The topological polar surface area (TPSA) is 92.9 Å². The van der Waals surface area contributed by atoms with Crippen LogP contribution in [0.5, 0.6) is 0 Å². The molecule has 0 radical (unpaired) electrons. The van der Waals surface area contributed by atoms with E-state index in [2.05, 4.69) is 20.6 Å². The highest BCUT2D eigenvalue weighted by Gasteiger charge is 2.07. The lowest BCUT2D eigenvalue weighted by Crippen LogP contribution is -2.31. The summed E-state index contributed by atoms with van der Waals surface area (Å²) in [6.07, 6.45) is 1.66. The normalized spacial score (nSPS) is 10.4. The van der Waals surface area contributed by atoms with E-state index in [1.165, 1.54) is 6.33 Å². The summed E-state index contributed by atoms with van der Waals surface area (Å²) in [6, 6.07) is 0.140. The molecule has 0 atom stereocenters. The van der Waals surface area contributed by atoms with Crippen molar-refractivity contribution in [3.05, 3.63) is 11.5 Å². The molecule has 0 aliphatic heterocycles. The van der Waals surface area contributed by atoms with Crippen LogP contribution in [0.4, 0.5) is 11.5 Å². The van der Waals surface area contributed by atoms with Gasteiger partial charge in [0.05, 0.1) is 0 Å². The first-order valence-corrected chi connectivity index (χ1v) is 5.67. The van der Waals surface area contributed by atoms with Crippen LogP contribution in [0, 0.1) is 0 Å². The summed E-state index contributed by atoms with van der Waals surface area (Å²) in [5.74, 6) is 0.425. The van der Waals surface area contributed by atoms with Gasteiger partial charge in [0, 0.05) is 19.0 Å². The van der Waals surface area contributed by atoms with Crippen molar-refractivity contribution in [3.8, 4) is 0 Å². The van der Waals surface area contributed by atoms with E-state index in [0.29, 0.717) is 24.5 Å². The minimum Gasteiger partial charge on any atom is -0.393 e. The van der Waals surface area contributed by atoms with Crippen LogP contribution < -0.4 is 16.4 Å². The molecule has 1 aromatic rings. The van der Waals surface area contributed by atoms with Gasteiger partial charge in [0.15, 0.2) is 11.0 Å². The summed E-state index contributed by atoms with van der Waals surface area (Å²) in [5.41, 5.74) is 5.95. The second-order valence-electron chi connectivity index (χ2n) is 3.83. The number of nitrogens with zero attached hydrogens (tertiary/aromatic N) is 2. The van der Waals surface area contributed by atoms with Crippen LogP contribution in [0.1, 0.15) is 20.3 Å². The first-order valence-electron chi connectivity index (χ1n) is 5.30. The number of halogens is 1. The summed E-state index contributed by atoms with van der Waals surface area (Å²) in [5, 5.41) is 5.93. The number of nitrogen functional groups attached to an aromatic ring is 1. The number of aromatic nitrogens is 2. The zero-order chi connectivity index (χ0) is 12.8. The Hall–Kier alpha value is -1.56. The minimum atomic E-state index is -0.0220. The van der Waals surface area contributed by atoms with E-state index in [1.807, 2.05) is 13.8 Å². The fraction of sp³-hybridized carbons (Fsp3) is 0.500. The van der Waals surface area contributed by atoms with Crippen molar-refractivity contribution >= 4 is 29.0 Å². The van der Waals surface area contributed by atoms with Gasteiger partial charge in [-0.1, -0.05) is 11.6 Å². The highest BCUT2D eigenvalue weighted by molar-refractivity contribution is 6.32. The maximum atomic E-state index is 11.4. The third-order valence-corrected chi connectivity index (χ3v) is 2.23. The van der Waals surface area contributed by atoms with Gasteiger partial charge in [-0.25, -0.2) is 9.97 Å². The minimum absolute atomic E-state index is 0.0220. The van der Waals surface area contributed by atoms with Crippen molar-refractivity contribution in [1.82, 2.24) is 15.3 Å². The Kier molecular flexibility index (Phi) is 4.96. The van der Waals surface area contributed by atoms with Crippen LogP contribution in [-0.2, 0) is 4.79 Å². The molecule has 0 aliphatic rings. The van der Waals surface area contributed by atoms with E-state index < -0.39 is 0 Å². The number of anilines is 2. The van der Waals surface area contributed by atoms with Crippen LogP contribution >= 0.6 is 11.6 Å². The molecule has 7 heteroatoms. The lowest BCUT2D eigenvalue weighted by Gasteiger charge is -2.10. The first-order chi connectivity index (χ1) is 8.00. The zero-order valence-electron chi connectivity index (χ0n) is 9.83. The van der Waals surface area contributed by atoms with Gasteiger partial charge in [-0.2, -0.15) is 0 Å². The molecule has 1 rings (SSSR count). The second-order valence-corrected chi connectivity index (χ2v) is 4.18. The molecule has 0 saturated carbocycles. The standard InChI is InChI=1S/C10H16ClN5O/c1-6(2)16-7(17)3-4-13-10-8(12)9(11)14-5-15-10/h5-6H,3-4,12H2,1-2H3,(H,16,17)(H,13,14,15). The summed E-state index contributed by atoms with van der Waals surface area (Å²) < 4.78 is 0. The van der Waals surface area contributed by atoms with Crippen molar-refractivity contribution < 1.29 is 4.79 Å². The molecule has 6 nitrogen and oxygen atoms in total. The van der Waals surface area contributed by atoms with Gasteiger partial charge in [0.2, 0.25) is 5.91 Å². The van der Waals surface area contributed by atoms with Gasteiger partial charge in [-0.05, 0) is 13.8 Å². The van der Waals surface area contributed by atoms with Crippen LogP contribution in [0.15, 0.2) is 6.33 Å². The molecule has 0 aromatic carbocycles.